The number of carbonyl (C=O) groups is 1. The number of benzene rings is 2. The van der Waals surface area contributed by atoms with Crippen LogP contribution in [0.25, 0.3) is 6.08 Å². The average Bonchev–Trinajstić information content (AvgIpc) is 3.23. The molecule has 7 heteroatoms. The summed E-state index contributed by atoms with van der Waals surface area (Å²) in [5.74, 6) is -0.120. The van der Waals surface area contributed by atoms with Crippen LogP contribution >= 0.6 is 0 Å². The molecular formula is C22H24F2N2O3. The Labute approximate surface area is 168 Å². The number of nitrogens with one attached hydrogen (secondary N) is 1. The van der Waals surface area contributed by atoms with Gasteiger partial charge in [-0.05, 0) is 61.7 Å². The Morgan fingerprint density at radius 2 is 1.97 bits per heavy atom. The van der Waals surface area contributed by atoms with E-state index in [1.165, 1.54) is 25.0 Å². The highest BCUT2D eigenvalue weighted by molar-refractivity contribution is 6.02. The molecule has 0 aliphatic carbocycles. The van der Waals surface area contributed by atoms with Crippen LogP contribution in [0.4, 0.5) is 20.2 Å². The van der Waals surface area contributed by atoms with Crippen molar-refractivity contribution in [3.8, 4) is 11.5 Å². The second-order valence-electron chi connectivity index (χ2n) is 6.58. The van der Waals surface area contributed by atoms with Crippen LogP contribution in [0.2, 0.25) is 0 Å². The third kappa shape index (κ3) is 5.94. The number of alkyl halides is 2. The quantitative estimate of drug-likeness (QED) is 0.636. The summed E-state index contributed by atoms with van der Waals surface area (Å²) >= 11 is 0. The smallest absolute Gasteiger partial charge is 0.387 e. The Balaban J connectivity index is 1.65. The van der Waals surface area contributed by atoms with Gasteiger partial charge >= 0.3 is 6.61 Å². The van der Waals surface area contributed by atoms with Gasteiger partial charge in [0.2, 0.25) is 5.91 Å². The minimum Gasteiger partial charge on any atom is -0.490 e. The predicted molar refractivity (Wildman–Crippen MR) is 110 cm³/mol. The van der Waals surface area contributed by atoms with E-state index in [1.54, 1.807) is 25.1 Å². The summed E-state index contributed by atoms with van der Waals surface area (Å²) in [4.78, 5) is 14.6. The molecule has 0 aromatic heterocycles. The van der Waals surface area contributed by atoms with E-state index in [0.29, 0.717) is 12.2 Å². The van der Waals surface area contributed by atoms with E-state index >= 15 is 0 Å². The first-order valence-electron chi connectivity index (χ1n) is 9.61. The van der Waals surface area contributed by atoms with E-state index in [-0.39, 0.29) is 17.4 Å². The zero-order chi connectivity index (χ0) is 20.6. The van der Waals surface area contributed by atoms with Gasteiger partial charge in [-0.15, -0.1) is 0 Å². The Morgan fingerprint density at radius 3 is 2.69 bits per heavy atom. The molecule has 1 saturated heterocycles. The van der Waals surface area contributed by atoms with Crippen molar-refractivity contribution in [1.82, 2.24) is 0 Å². The van der Waals surface area contributed by atoms with Crippen LogP contribution in [-0.4, -0.2) is 32.2 Å². The molecule has 0 unspecified atom stereocenters. The van der Waals surface area contributed by atoms with E-state index in [0.717, 1.165) is 24.5 Å². The Morgan fingerprint density at radius 1 is 1.17 bits per heavy atom. The molecule has 0 spiro atoms. The number of rotatable bonds is 8. The minimum atomic E-state index is -2.93. The summed E-state index contributed by atoms with van der Waals surface area (Å²) in [7, 11) is 0. The van der Waals surface area contributed by atoms with E-state index in [2.05, 4.69) is 15.0 Å². The number of hydrogen-bond donors (Lipinski definition) is 1. The van der Waals surface area contributed by atoms with Gasteiger partial charge in [0, 0.05) is 30.5 Å². The number of hydrogen-bond acceptors (Lipinski definition) is 4. The van der Waals surface area contributed by atoms with E-state index in [9.17, 15) is 13.6 Å². The summed E-state index contributed by atoms with van der Waals surface area (Å²) in [6.45, 7) is 1.19. The SMILES string of the molecule is CCOc1cc(/C=C/C(=O)Nc2cccc(N3CCCC3)c2)ccc1OC(F)F. The second-order valence-corrected chi connectivity index (χ2v) is 6.58. The van der Waals surface area contributed by atoms with Crippen LogP contribution in [0.3, 0.4) is 0 Å². The van der Waals surface area contributed by atoms with Gasteiger partial charge in [-0.2, -0.15) is 8.78 Å². The third-order valence-corrected chi connectivity index (χ3v) is 4.50. The molecule has 1 aliphatic heterocycles. The molecule has 0 atom stereocenters. The van der Waals surface area contributed by atoms with Crippen molar-refractivity contribution < 1.29 is 23.0 Å². The summed E-state index contributed by atoms with van der Waals surface area (Å²) < 4.78 is 34.8. The van der Waals surface area contributed by atoms with Gasteiger partial charge < -0.3 is 19.7 Å². The van der Waals surface area contributed by atoms with Gasteiger partial charge in [-0.1, -0.05) is 12.1 Å². The maximum atomic E-state index is 12.5. The lowest BCUT2D eigenvalue weighted by atomic mass is 10.2. The standard InChI is InChI=1S/C22H24F2N2O3/c1-2-28-20-14-16(8-10-19(20)29-22(23)24)9-11-21(27)25-17-6-5-7-18(15-17)26-12-3-4-13-26/h5-11,14-15,22H,2-4,12-13H2,1H3,(H,25,27)/b11-9+. The van der Waals surface area contributed by atoms with Gasteiger partial charge in [-0.3, -0.25) is 4.79 Å². The minimum absolute atomic E-state index is 0.0396. The molecule has 2 aromatic rings. The largest absolute Gasteiger partial charge is 0.490 e. The molecule has 0 radical (unpaired) electrons. The number of ether oxygens (including phenoxy) is 2. The Hall–Kier alpha value is -3.09. The molecule has 1 fully saturated rings. The van der Waals surface area contributed by atoms with Crippen molar-refractivity contribution in [2.45, 2.75) is 26.4 Å². The van der Waals surface area contributed by atoms with Crippen molar-refractivity contribution in [3.05, 3.63) is 54.1 Å². The van der Waals surface area contributed by atoms with Gasteiger partial charge in [-0.25, -0.2) is 0 Å². The fourth-order valence-corrected chi connectivity index (χ4v) is 3.20. The average molecular weight is 402 g/mol. The topological polar surface area (TPSA) is 50.8 Å². The van der Waals surface area contributed by atoms with Crippen LogP contribution in [0.5, 0.6) is 11.5 Å². The molecule has 1 aliphatic rings. The van der Waals surface area contributed by atoms with Crippen LogP contribution in [0.1, 0.15) is 25.3 Å². The molecule has 1 heterocycles. The summed E-state index contributed by atoms with van der Waals surface area (Å²) in [6.07, 6.45) is 5.35. The van der Waals surface area contributed by atoms with Crippen molar-refractivity contribution in [2.75, 3.05) is 29.9 Å². The molecule has 0 saturated carbocycles. The number of halogens is 2. The lowest BCUT2D eigenvalue weighted by Crippen LogP contribution is -2.17. The molecule has 154 valence electrons. The first-order valence-corrected chi connectivity index (χ1v) is 9.61. The van der Waals surface area contributed by atoms with Crippen LogP contribution in [-0.2, 0) is 4.79 Å². The molecular weight excluding hydrogens is 378 g/mol. The second kappa shape index (κ2) is 9.91. The maximum Gasteiger partial charge on any atom is 0.387 e. The normalized spacial score (nSPS) is 13.9. The van der Waals surface area contributed by atoms with Crippen LogP contribution < -0.4 is 19.7 Å². The highest BCUT2D eigenvalue weighted by Crippen LogP contribution is 2.30. The molecule has 5 nitrogen and oxygen atoms in total. The lowest BCUT2D eigenvalue weighted by Gasteiger charge is -2.18. The fourth-order valence-electron chi connectivity index (χ4n) is 3.20. The number of amides is 1. The Bertz CT molecular complexity index is 865. The number of anilines is 2. The summed E-state index contributed by atoms with van der Waals surface area (Å²) in [5, 5.41) is 2.85. The van der Waals surface area contributed by atoms with E-state index in [1.807, 2.05) is 24.3 Å². The summed E-state index contributed by atoms with van der Waals surface area (Å²) in [5.41, 5.74) is 2.45. The van der Waals surface area contributed by atoms with Crippen molar-refractivity contribution >= 4 is 23.4 Å². The third-order valence-electron chi connectivity index (χ3n) is 4.50. The molecule has 2 aromatic carbocycles. The van der Waals surface area contributed by atoms with E-state index < -0.39 is 6.61 Å². The van der Waals surface area contributed by atoms with Crippen molar-refractivity contribution in [3.63, 3.8) is 0 Å². The molecule has 0 bridgehead atoms. The zero-order valence-corrected chi connectivity index (χ0v) is 16.2. The number of nitrogens with zero attached hydrogens (tertiary/aromatic N) is 1. The lowest BCUT2D eigenvalue weighted by molar-refractivity contribution is -0.111. The first-order chi connectivity index (χ1) is 14.0. The van der Waals surface area contributed by atoms with Crippen molar-refractivity contribution in [2.24, 2.45) is 0 Å². The highest BCUT2D eigenvalue weighted by atomic mass is 19.3. The fraction of sp³-hybridized carbons (Fsp3) is 0.318. The van der Waals surface area contributed by atoms with Crippen molar-refractivity contribution in [1.29, 1.82) is 0 Å². The predicted octanol–water partition coefficient (Wildman–Crippen LogP) is 4.94. The number of carbonyl (C=O) groups excluding carboxylic acids is 1. The van der Waals surface area contributed by atoms with E-state index in [4.69, 9.17) is 4.74 Å². The maximum absolute atomic E-state index is 12.5. The first kappa shape index (κ1) is 20.6. The highest BCUT2D eigenvalue weighted by Gasteiger charge is 2.13. The summed E-state index contributed by atoms with van der Waals surface area (Å²) in [6, 6.07) is 12.3. The monoisotopic (exact) mass is 402 g/mol. The molecule has 1 N–H and O–H groups in total. The van der Waals surface area contributed by atoms with Gasteiger partial charge in [0.25, 0.3) is 0 Å². The molecule has 1 amide bonds. The Kier molecular flexibility index (Phi) is 7.05. The van der Waals surface area contributed by atoms with Gasteiger partial charge in [0.15, 0.2) is 11.5 Å². The molecule has 3 rings (SSSR count). The molecule has 29 heavy (non-hydrogen) atoms. The van der Waals surface area contributed by atoms with Crippen LogP contribution in [0.15, 0.2) is 48.5 Å². The van der Waals surface area contributed by atoms with Gasteiger partial charge in [0.1, 0.15) is 0 Å². The van der Waals surface area contributed by atoms with Gasteiger partial charge in [0.05, 0.1) is 6.61 Å². The van der Waals surface area contributed by atoms with Crippen LogP contribution in [0, 0.1) is 0 Å². The zero-order valence-electron chi connectivity index (χ0n) is 16.2.